The Morgan fingerprint density at radius 2 is 1.86 bits per heavy atom. The van der Waals surface area contributed by atoms with Crippen LogP contribution in [-0.4, -0.2) is 34.1 Å². The SMILES string of the molecule is Cc1ccccc1N1CS/C(=N\C(C)C)N(C(C)C)C1=O. The number of carbonyl (C=O) groups excluding carboxylic acids is 1. The van der Waals surface area contributed by atoms with Crippen molar-refractivity contribution in [2.24, 2.45) is 4.99 Å². The summed E-state index contributed by atoms with van der Waals surface area (Å²) in [5.74, 6) is 0.610. The molecule has 21 heavy (non-hydrogen) atoms. The van der Waals surface area contributed by atoms with E-state index in [1.807, 2.05) is 63.8 Å². The zero-order valence-electron chi connectivity index (χ0n) is 13.3. The Balaban J connectivity index is 2.35. The van der Waals surface area contributed by atoms with Crippen molar-refractivity contribution in [3.8, 4) is 0 Å². The van der Waals surface area contributed by atoms with Crippen molar-refractivity contribution in [1.82, 2.24) is 4.90 Å². The van der Waals surface area contributed by atoms with Crippen LogP contribution in [0.4, 0.5) is 10.5 Å². The van der Waals surface area contributed by atoms with Crippen molar-refractivity contribution < 1.29 is 4.79 Å². The minimum atomic E-state index is 0.0115. The molecule has 1 aromatic carbocycles. The first-order valence-corrected chi connectivity index (χ1v) is 8.27. The van der Waals surface area contributed by atoms with Crippen molar-refractivity contribution in [3.05, 3.63) is 29.8 Å². The molecule has 4 nitrogen and oxygen atoms in total. The van der Waals surface area contributed by atoms with Gasteiger partial charge in [-0.25, -0.2) is 4.79 Å². The molecule has 0 bridgehead atoms. The van der Waals surface area contributed by atoms with Crippen molar-refractivity contribution in [1.29, 1.82) is 0 Å². The zero-order valence-corrected chi connectivity index (χ0v) is 14.1. The van der Waals surface area contributed by atoms with Gasteiger partial charge in [-0.15, -0.1) is 0 Å². The molecule has 2 amide bonds. The average Bonchev–Trinajstić information content (AvgIpc) is 2.39. The second-order valence-electron chi connectivity index (χ2n) is 5.74. The van der Waals surface area contributed by atoms with E-state index in [-0.39, 0.29) is 18.1 Å². The number of rotatable bonds is 3. The highest BCUT2D eigenvalue weighted by Crippen LogP contribution is 2.29. The van der Waals surface area contributed by atoms with E-state index in [9.17, 15) is 4.79 Å². The number of hydrogen-bond donors (Lipinski definition) is 0. The Labute approximate surface area is 131 Å². The second kappa shape index (κ2) is 6.52. The molecule has 1 aliphatic heterocycles. The van der Waals surface area contributed by atoms with Crippen LogP contribution < -0.4 is 4.90 Å². The first-order valence-electron chi connectivity index (χ1n) is 7.28. The quantitative estimate of drug-likeness (QED) is 0.843. The van der Waals surface area contributed by atoms with Gasteiger partial charge in [0, 0.05) is 17.8 Å². The van der Waals surface area contributed by atoms with E-state index in [1.54, 1.807) is 16.7 Å². The van der Waals surface area contributed by atoms with Gasteiger partial charge in [-0.05, 0) is 46.2 Å². The number of aryl methyl sites for hydroxylation is 1. The van der Waals surface area contributed by atoms with E-state index in [2.05, 4.69) is 4.99 Å². The predicted molar refractivity (Wildman–Crippen MR) is 91.1 cm³/mol. The maximum absolute atomic E-state index is 12.9. The average molecular weight is 305 g/mol. The summed E-state index contributed by atoms with van der Waals surface area (Å²) >= 11 is 1.62. The van der Waals surface area contributed by atoms with Gasteiger partial charge in [-0.1, -0.05) is 30.0 Å². The molecule has 0 aliphatic carbocycles. The normalized spacial score (nSPS) is 18.2. The molecule has 0 unspecified atom stereocenters. The number of anilines is 1. The van der Waals surface area contributed by atoms with E-state index in [4.69, 9.17) is 0 Å². The summed E-state index contributed by atoms with van der Waals surface area (Å²) in [5.41, 5.74) is 2.09. The van der Waals surface area contributed by atoms with Crippen molar-refractivity contribution in [3.63, 3.8) is 0 Å². The van der Waals surface area contributed by atoms with Crippen molar-refractivity contribution in [2.75, 3.05) is 10.8 Å². The van der Waals surface area contributed by atoms with Gasteiger partial charge in [0.2, 0.25) is 0 Å². The van der Waals surface area contributed by atoms with Crippen LogP contribution in [0.15, 0.2) is 29.3 Å². The fourth-order valence-electron chi connectivity index (χ4n) is 2.26. The van der Waals surface area contributed by atoms with Crippen LogP contribution in [0, 0.1) is 6.92 Å². The van der Waals surface area contributed by atoms with Crippen LogP contribution in [0.5, 0.6) is 0 Å². The Hall–Kier alpha value is -1.49. The van der Waals surface area contributed by atoms with Gasteiger partial charge < -0.3 is 0 Å². The highest BCUT2D eigenvalue weighted by atomic mass is 32.2. The monoisotopic (exact) mass is 305 g/mol. The molecule has 1 aliphatic rings. The minimum Gasteiger partial charge on any atom is -0.284 e. The van der Waals surface area contributed by atoms with Crippen LogP contribution >= 0.6 is 11.8 Å². The molecular weight excluding hydrogens is 282 g/mol. The number of nitrogens with zero attached hydrogens (tertiary/aromatic N) is 3. The maximum Gasteiger partial charge on any atom is 0.331 e. The number of thioether (sulfide) groups is 1. The lowest BCUT2D eigenvalue weighted by Crippen LogP contribution is -2.53. The molecule has 0 atom stereocenters. The smallest absolute Gasteiger partial charge is 0.284 e. The number of hydrogen-bond acceptors (Lipinski definition) is 3. The molecule has 0 aromatic heterocycles. The van der Waals surface area contributed by atoms with Gasteiger partial charge in [0.15, 0.2) is 5.17 Å². The summed E-state index contributed by atoms with van der Waals surface area (Å²) < 4.78 is 0. The number of para-hydroxylation sites is 1. The lowest BCUT2D eigenvalue weighted by Gasteiger charge is -2.38. The van der Waals surface area contributed by atoms with Gasteiger partial charge in [0.1, 0.15) is 0 Å². The molecule has 0 radical (unpaired) electrons. The molecule has 0 spiro atoms. The fraction of sp³-hybridized carbons (Fsp3) is 0.500. The van der Waals surface area contributed by atoms with E-state index in [0.717, 1.165) is 16.4 Å². The van der Waals surface area contributed by atoms with Gasteiger partial charge in [-0.2, -0.15) is 0 Å². The first kappa shape index (κ1) is 15.9. The van der Waals surface area contributed by atoms with E-state index in [0.29, 0.717) is 5.88 Å². The molecule has 1 fully saturated rings. The van der Waals surface area contributed by atoms with Crippen molar-refractivity contribution in [2.45, 2.75) is 46.7 Å². The maximum atomic E-state index is 12.9. The summed E-state index contributed by atoms with van der Waals surface area (Å²) in [6.07, 6.45) is 0. The molecule has 1 saturated heterocycles. The third kappa shape index (κ3) is 3.40. The summed E-state index contributed by atoms with van der Waals surface area (Å²) in [6.45, 7) is 10.1. The predicted octanol–water partition coefficient (Wildman–Crippen LogP) is 4.10. The molecule has 2 rings (SSSR count). The Morgan fingerprint density at radius 1 is 1.19 bits per heavy atom. The molecule has 5 heteroatoms. The minimum absolute atomic E-state index is 0.0115. The summed E-state index contributed by atoms with van der Waals surface area (Å²) in [4.78, 5) is 21.1. The summed E-state index contributed by atoms with van der Waals surface area (Å²) in [7, 11) is 0. The lowest BCUT2D eigenvalue weighted by molar-refractivity contribution is 0.220. The number of urea groups is 1. The van der Waals surface area contributed by atoms with Crippen LogP contribution in [-0.2, 0) is 0 Å². The number of carbonyl (C=O) groups is 1. The van der Waals surface area contributed by atoms with Crippen LogP contribution in [0.2, 0.25) is 0 Å². The molecule has 0 N–H and O–H groups in total. The standard InChI is InChI=1S/C16H23N3OS/c1-11(2)17-15-19(12(3)4)16(20)18(10-21-15)14-9-7-6-8-13(14)5/h6-9,11-12H,10H2,1-5H3/b17-15-. The van der Waals surface area contributed by atoms with Gasteiger partial charge >= 0.3 is 6.03 Å². The first-order chi connectivity index (χ1) is 9.91. The van der Waals surface area contributed by atoms with Gasteiger partial charge in [0.25, 0.3) is 0 Å². The van der Waals surface area contributed by atoms with E-state index < -0.39 is 0 Å². The third-order valence-corrected chi connectivity index (χ3v) is 4.20. The fourth-order valence-corrected chi connectivity index (χ4v) is 3.47. The van der Waals surface area contributed by atoms with Crippen LogP contribution in [0.1, 0.15) is 33.3 Å². The van der Waals surface area contributed by atoms with Crippen LogP contribution in [0.25, 0.3) is 0 Å². The summed E-state index contributed by atoms with van der Waals surface area (Å²) in [6, 6.07) is 8.28. The Bertz CT molecular complexity index is 554. The second-order valence-corrected chi connectivity index (χ2v) is 6.65. The molecule has 1 aromatic rings. The highest BCUT2D eigenvalue weighted by molar-refractivity contribution is 8.14. The van der Waals surface area contributed by atoms with E-state index >= 15 is 0 Å². The Kier molecular flexibility index (Phi) is 4.93. The van der Waals surface area contributed by atoms with Gasteiger partial charge in [0.05, 0.1) is 5.88 Å². The summed E-state index contributed by atoms with van der Waals surface area (Å²) in [5, 5.41) is 0.829. The lowest BCUT2D eigenvalue weighted by atomic mass is 10.2. The Morgan fingerprint density at radius 3 is 2.43 bits per heavy atom. The third-order valence-electron chi connectivity index (χ3n) is 3.26. The van der Waals surface area contributed by atoms with Gasteiger partial charge in [-0.3, -0.25) is 14.8 Å². The molecule has 0 saturated carbocycles. The number of amides is 2. The highest BCUT2D eigenvalue weighted by Gasteiger charge is 2.34. The molecular formula is C16H23N3OS. The molecule has 114 valence electrons. The number of benzene rings is 1. The largest absolute Gasteiger partial charge is 0.331 e. The number of aliphatic imine (C=N–C) groups is 1. The topological polar surface area (TPSA) is 35.9 Å². The molecule has 1 heterocycles. The van der Waals surface area contributed by atoms with E-state index in [1.165, 1.54) is 0 Å². The zero-order chi connectivity index (χ0) is 15.6. The van der Waals surface area contributed by atoms with Crippen LogP contribution in [0.3, 0.4) is 0 Å². The van der Waals surface area contributed by atoms with Crippen molar-refractivity contribution >= 4 is 28.6 Å². The number of amidine groups is 1.